The van der Waals surface area contributed by atoms with Crippen LogP contribution in [0.5, 0.6) is 0 Å². The lowest BCUT2D eigenvalue weighted by molar-refractivity contribution is -0.0447. The summed E-state index contributed by atoms with van der Waals surface area (Å²) < 4.78 is 11.4. The van der Waals surface area contributed by atoms with Crippen LogP contribution in [0.15, 0.2) is 24.3 Å². The highest BCUT2D eigenvalue weighted by Crippen LogP contribution is 2.14. The maximum atomic E-state index is 5.77. The van der Waals surface area contributed by atoms with Crippen LogP contribution in [-0.4, -0.2) is 32.4 Å². The van der Waals surface area contributed by atoms with Crippen LogP contribution in [0.25, 0.3) is 0 Å². The van der Waals surface area contributed by atoms with Crippen molar-refractivity contribution in [2.75, 3.05) is 26.3 Å². The topological polar surface area (TPSA) is 30.5 Å². The molecule has 1 aromatic carbocycles. The SMILES string of the molecule is CCCNCCc1ccc(COCC2CCCCO2)cc1. The summed E-state index contributed by atoms with van der Waals surface area (Å²) in [7, 11) is 0. The van der Waals surface area contributed by atoms with Gasteiger partial charge < -0.3 is 14.8 Å². The molecule has 0 radical (unpaired) electrons. The van der Waals surface area contributed by atoms with Crippen molar-refractivity contribution in [3.8, 4) is 0 Å². The molecule has 1 fully saturated rings. The number of benzene rings is 1. The molecule has 0 spiro atoms. The van der Waals surface area contributed by atoms with Crippen LogP contribution in [0.4, 0.5) is 0 Å². The van der Waals surface area contributed by atoms with Crippen molar-refractivity contribution in [1.29, 1.82) is 0 Å². The molecule has 1 atom stereocenters. The van der Waals surface area contributed by atoms with Crippen LogP contribution >= 0.6 is 0 Å². The van der Waals surface area contributed by atoms with E-state index in [0.717, 1.165) is 39.1 Å². The highest BCUT2D eigenvalue weighted by atomic mass is 16.5. The molecule has 1 aliphatic heterocycles. The molecule has 21 heavy (non-hydrogen) atoms. The van der Waals surface area contributed by atoms with Gasteiger partial charge >= 0.3 is 0 Å². The van der Waals surface area contributed by atoms with E-state index >= 15 is 0 Å². The fourth-order valence-corrected chi connectivity index (χ4v) is 2.58. The molecule has 2 rings (SSSR count). The monoisotopic (exact) mass is 291 g/mol. The Hall–Kier alpha value is -0.900. The molecule has 0 aromatic heterocycles. The number of ether oxygens (including phenoxy) is 2. The van der Waals surface area contributed by atoms with E-state index in [9.17, 15) is 0 Å². The molecule has 118 valence electrons. The number of hydrogen-bond acceptors (Lipinski definition) is 3. The summed E-state index contributed by atoms with van der Waals surface area (Å²) in [6.07, 6.45) is 6.21. The van der Waals surface area contributed by atoms with Crippen molar-refractivity contribution < 1.29 is 9.47 Å². The quantitative estimate of drug-likeness (QED) is 0.708. The molecule has 3 nitrogen and oxygen atoms in total. The van der Waals surface area contributed by atoms with E-state index in [1.807, 2.05) is 0 Å². The van der Waals surface area contributed by atoms with Crippen LogP contribution in [-0.2, 0) is 22.5 Å². The van der Waals surface area contributed by atoms with Gasteiger partial charge in [0, 0.05) is 6.61 Å². The first-order chi connectivity index (χ1) is 10.4. The Balaban J connectivity index is 1.62. The lowest BCUT2D eigenvalue weighted by Crippen LogP contribution is -2.24. The lowest BCUT2D eigenvalue weighted by atomic mass is 10.1. The zero-order valence-corrected chi connectivity index (χ0v) is 13.3. The van der Waals surface area contributed by atoms with E-state index < -0.39 is 0 Å². The summed E-state index contributed by atoms with van der Waals surface area (Å²) >= 11 is 0. The fraction of sp³-hybridized carbons (Fsp3) is 0.667. The minimum Gasteiger partial charge on any atom is -0.376 e. The van der Waals surface area contributed by atoms with Gasteiger partial charge in [0.25, 0.3) is 0 Å². The molecule has 0 amide bonds. The van der Waals surface area contributed by atoms with Gasteiger partial charge in [0.1, 0.15) is 0 Å². The molecule has 1 aliphatic rings. The van der Waals surface area contributed by atoms with Crippen LogP contribution in [0.1, 0.15) is 43.7 Å². The Labute approximate surface area is 129 Å². The van der Waals surface area contributed by atoms with Crippen molar-refractivity contribution in [2.45, 2.75) is 51.7 Å². The first kappa shape index (κ1) is 16.5. The molecule has 0 saturated carbocycles. The predicted octanol–water partition coefficient (Wildman–Crippen LogP) is 3.31. The predicted molar refractivity (Wildman–Crippen MR) is 86.6 cm³/mol. The molecular formula is C18H29NO2. The van der Waals surface area contributed by atoms with Crippen LogP contribution < -0.4 is 5.32 Å². The molecule has 1 aromatic rings. The summed E-state index contributed by atoms with van der Waals surface area (Å²) in [6.45, 7) is 6.67. The minimum atomic E-state index is 0.308. The molecule has 1 heterocycles. The van der Waals surface area contributed by atoms with E-state index in [0.29, 0.717) is 12.7 Å². The van der Waals surface area contributed by atoms with Gasteiger partial charge in [0.2, 0.25) is 0 Å². The van der Waals surface area contributed by atoms with Gasteiger partial charge in [-0.1, -0.05) is 31.2 Å². The lowest BCUT2D eigenvalue weighted by Gasteiger charge is -2.22. The minimum absolute atomic E-state index is 0.308. The standard InChI is InChI=1S/C18H29NO2/c1-2-11-19-12-10-16-6-8-17(9-7-16)14-20-15-18-5-3-4-13-21-18/h6-9,18-19H,2-5,10-15H2,1H3. The molecule has 0 bridgehead atoms. The number of rotatable bonds is 9. The Morgan fingerprint density at radius 3 is 2.67 bits per heavy atom. The van der Waals surface area contributed by atoms with Gasteiger partial charge in [-0.2, -0.15) is 0 Å². The maximum Gasteiger partial charge on any atom is 0.0808 e. The van der Waals surface area contributed by atoms with Crippen molar-refractivity contribution in [1.82, 2.24) is 5.32 Å². The fourth-order valence-electron chi connectivity index (χ4n) is 2.58. The average molecular weight is 291 g/mol. The molecule has 1 saturated heterocycles. The van der Waals surface area contributed by atoms with Crippen molar-refractivity contribution in [3.05, 3.63) is 35.4 Å². The van der Waals surface area contributed by atoms with E-state index in [2.05, 4.69) is 36.5 Å². The average Bonchev–Trinajstić information content (AvgIpc) is 2.54. The van der Waals surface area contributed by atoms with E-state index in [1.165, 1.54) is 30.4 Å². The Bertz CT molecular complexity index is 371. The Morgan fingerprint density at radius 1 is 1.14 bits per heavy atom. The zero-order valence-electron chi connectivity index (χ0n) is 13.3. The van der Waals surface area contributed by atoms with Gasteiger partial charge in [-0.3, -0.25) is 0 Å². The van der Waals surface area contributed by atoms with Crippen LogP contribution in [0.3, 0.4) is 0 Å². The van der Waals surface area contributed by atoms with Gasteiger partial charge in [-0.15, -0.1) is 0 Å². The summed E-state index contributed by atoms with van der Waals surface area (Å²) in [4.78, 5) is 0. The van der Waals surface area contributed by atoms with Crippen molar-refractivity contribution >= 4 is 0 Å². The number of nitrogens with one attached hydrogen (secondary N) is 1. The van der Waals surface area contributed by atoms with E-state index in [4.69, 9.17) is 9.47 Å². The third-order valence-corrected chi connectivity index (χ3v) is 3.89. The summed E-state index contributed by atoms with van der Waals surface area (Å²) in [6, 6.07) is 8.78. The zero-order chi connectivity index (χ0) is 14.8. The van der Waals surface area contributed by atoms with E-state index in [-0.39, 0.29) is 0 Å². The highest BCUT2D eigenvalue weighted by Gasteiger charge is 2.13. The number of hydrogen-bond donors (Lipinski definition) is 1. The second-order valence-corrected chi connectivity index (χ2v) is 5.82. The second kappa shape index (κ2) is 9.93. The first-order valence-corrected chi connectivity index (χ1v) is 8.36. The smallest absolute Gasteiger partial charge is 0.0808 e. The summed E-state index contributed by atoms with van der Waals surface area (Å²) in [5.74, 6) is 0. The largest absolute Gasteiger partial charge is 0.376 e. The Kier molecular flexibility index (Phi) is 7.79. The third-order valence-electron chi connectivity index (χ3n) is 3.89. The molecule has 3 heteroatoms. The van der Waals surface area contributed by atoms with E-state index in [1.54, 1.807) is 0 Å². The molecular weight excluding hydrogens is 262 g/mol. The van der Waals surface area contributed by atoms with Crippen molar-refractivity contribution in [2.24, 2.45) is 0 Å². The van der Waals surface area contributed by atoms with Gasteiger partial charge in [-0.25, -0.2) is 0 Å². The van der Waals surface area contributed by atoms with Crippen LogP contribution in [0, 0.1) is 0 Å². The van der Waals surface area contributed by atoms with Gasteiger partial charge in [0.15, 0.2) is 0 Å². The molecule has 1 unspecified atom stereocenters. The van der Waals surface area contributed by atoms with Crippen LogP contribution in [0.2, 0.25) is 0 Å². The molecule has 1 N–H and O–H groups in total. The van der Waals surface area contributed by atoms with Gasteiger partial charge in [0.05, 0.1) is 19.3 Å². The second-order valence-electron chi connectivity index (χ2n) is 5.82. The third kappa shape index (κ3) is 6.60. The van der Waals surface area contributed by atoms with Gasteiger partial charge in [-0.05, 0) is 56.3 Å². The maximum absolute atomic E-state index is 5.77. The van der Waals surface area contributed by atoms with Crippen molar-refractivity contribution in [3.63, 3.8) is 0 Å². The summed E-state index contributed by atoms with van der Waals surface area (Å²) in [5, 5.41) is 3.43. The Morgan fingerprint density at radius 2 is 1.95 bits per heavy atom. The first-order valence-electron chi connectivity index (χ1n) is 8.36. The normalized spacial score (nSPS) is 18.8. The molecule has 0 aliphatic carbocycles. The highest BCUT2D eigenvalue weighted by molar-refractivity contribution is 5.22. The summed E-state index contributed by atoms with van der Waals surface area (Å²) in [5.41, 5.74) is 2.63.